The normalized spacial score (nSPS) is 19.5. The van der Waals surface area contributed by atoms with Crippen LogP contribution in [0.1, 0.15) is 73.8 Å². The minimum absolute atomic E-state index is 0.0174. The Labute approximate surface area is 698 Å². The summed E-state index contributed by atoms with van der Waals surface area (Å²) in [4.78, 5) is 94.3. The lowest BCUT2D eigenvalue weighted by atomic mass is 9.86. The maximum absolute atomic E-state index is 12.2. The Balaban J connectivity index is 0.000000272. The minimum Gasteiger partial charge on any atom is -0.504 e. The number of benzene rings is 5. The number of carbonyl (C=O) groups excluding carboxylic acids is 8. The number of esters is 8. The molecule has 0 saturated carbocycles. The number of allylic oxidation sites excluding steroid dienone is 4. The van der Waals surface area contributed by atoms with E-state index in [9.17, 15) is 110 Å². The number of phenols is 10. The van der Waals surface area contributed by atoms with Crippen LogP contribution in [0.4, 0.5) is 0 Å². The minimum atomic E-state index is -1.54. The van der Waals surface area contributed by atoms with Gasteiger partial charge in [0.25, 0.3) is 0 Å². The van der Waals surface area contributed by atoms with Gasteiger partial charge in [0.1, 0.15) is 0 Å². The summed E-state index contributed by atoms with van der Waals surface area (Å²) in [5, 5.41) is 160. The zero-order valence-corrected chi connectivity index (χ0v) is 66.9. The van der Waals surface area contributed by atoms with E-state index in [1.807, 2.05) is 0 Å². The fourth-order valence-electron chi connectivity index (χ4n) is 11.7. The topological polar surface area (TPSA) is 591 Å². The van der Waals surface area contributed by atoms with Crippen LogP contribution in [0.15, 0.2) is 186 Å². The van der Waals surface area contributed by atoms with Crippen molar-refractivity contribution in [2.45, 2.75) is 109 Å². The molecule has 9 rings (SSSR count). The van der Waals surface area contributed by atoms with Crippen molar-refractivity contribution in [3.63, 3.8) is 0 Å². The first-order valence-corrected chi connectivity index (χ1v) is 37.5. The summed E-state index contributed by atoms with van der Waals surface area (Å²) in [7, 11) is 3.53. The van der Waals surface area contributed by atoms with E-state index >= 15 is 0 Å². The lowest BCUT2D eigenvalue weighted by Gasteiger charge is -2.28. The van der Waals surface area contributed by atoms with Crippen LogP contribution in [0.2, 0.25) is 0 Å². The summed E-state index contributed by atoms with van der Waals surface area (Å²) >= 11 is 0. The Hall–Kier alpha value is -13.3. The van der Waals surface area contributed by atoms with E-state index in [1.165, 1.54) is 99.6 Å². The van der Waals surface area contributed by atoms with Crippen molar-refractivity contribution in [1.82, 2.24) is 0 Å². The highest BCUT2D eigenvalue weighted by molar-refractivity contribution is 5.91. The van der Waals surface area contributed by atoms with E-state index in [-0.39, 0.29) is 141 Å². The molecule has 37 heteroatoms. The number of ether oxygens (including phenoxy) is 12. The van der Waals surface area contributed by atoms with Crippen molar-refractivity contribution >= 4 is 47.8 Å². The van der Waals surface area contributed by atoms with Crippen LogP contribution in [-0.4, -0.2) is 233 Å². The largest absolute Gasteiger partial charge is 0.504 e. The number of rotatable bonds is 30. The van der Waals surface area contributed by atoms with Crippen molar-refractivity contribution in [2.75, 3.05) is 67.6 Å². The van der Waals surface area contributed by atoms with Gasteiger partial charge in [-0.25, -0.2) is 14.4 Å². The van der Waals surface area contributed by atoms with Crippen LogP contribution < -0.4 is 0 Å². The Morgan fingerprint density at radius 1 is 0.369 bits per heavy atom. The molecule has 37 nitrogen and oxygen atoms in total. The van der Waals surface area contributed by atoms with Crippen molar-refractivity contribution in [1.29, 1.82) is 0 Å². The Morgan fingerprint density at radius 3 is 0.893 bits per heavy atom. The zero-order chi connectivity index (χ0) is 90.1. The smallest absolute Gasteiger partial charge is 0.337 e. The first-order chi connectivity index (χ1) is 58.2. The fourth-order valence-corrected chi connectivity index (χ4v) is 11.7. The third-order valence-corrected chi connectivity index (χ3v) is 18.2. The third-order valence-electron chi connectivity index (χ3n) is 18.2. The number of aliphatic hydroxyl groups is 7. The number of methoxy groups -OCH3 is 3. The van der Waals surface area contributed by atoms with E-state index in [2.05, 4.69) is 4.74 Å². The molecule has 4 aliphatic heterocycles. The second-order valence-electron chi connectivity index (χ2n) is 26.4. The van der Waals surface area contributed by atoms with Crippen LogP contribution in [0.25, 0.3) is 0 Å². The van der Waals surface area contributed by atoms with Crippen LogP contribution in [0, 0.1) is 23.7 Å². The summed E-state index contributed by atoms with van der Waals surface area (Å²) in [5.41, 5.74) is 5.31. The van der Waals surface area contributed by atoms with Crippen molar-refractivity contribution < 1.29 is 182 Å². The zero-order valence-electron chi connectivity index (χ0n) is 66.9. The van der Waals surface area contributed by atoms with Crippen molar-refractivity contribution in [2.24, 2.45) is 23.7 Å². The van der Waals surface area contributed by atoms with Crippen LogP contribution >= 0.6 is 0 Å². The molecular formula is C85H100O37. The molecule has 0 aromatic heterocycles. The summed E-state index contributed by atoms with van der Waals surface area (Å²) in [5.74, 6) is -9.48. The quantitative estimate of drug-likeness (QED) is 0.0123. The number of hydrogen-bond donors (Lipinski definition) is 17. The van der Waals surface area contributed by atoms with E-state index in [0.717, 1.165) is 30.8 Å². The van der Waals surface area contributed by atoms with Gasteiger partial charge in [-0.3, -0.25) is 24.0 Å². The van der Waals surface area contributed by atoms with Crippen molar-refractivity contribution in [3.8, 4) is 57.5 Å². The molecule has 0 saturated heterocycles. The van der Waals surface area contributed by atoms with Gasteiger partial charge in [0.2, 0.25) is 25.2 Å². The van der Waals surface area contributed by atoms with E-state index in [4.69, 9.17) is 67.4 Å². The Kier molecular flexibility index (Phi) is 41.7. The standard InChI is InChI=1S/2C19H22O8.2C17H20O7.C13H16O7/c2*1-3-12-13(14(18(23)25-2)10-27-19(12)24)9-17(22)26-7-6-11-4-5-15(20)16(21)8-11;2*18-6-3-13-12(5-8-24-17(13)22)10-16(21)23-7-4-11-1-2-14(19)15(20)9-11;1-19-13(18)11(16)7-12(17)20-5-4-8-2-3-9(14)10(15)6-8/h2*3-5,8,10,13,19-21,24H,6-7,9H2,1-2H3;2*1-3,5,8-9,12,17-20,22H,4,6-7,10H2;2-3,6,11,14-16H,4-5,7H2,1H3/b2*12-3-;2*13-3-;/t13-,19+;13-,19-;12-,17+;12-,17-;11-/m01000/s1. The first-order valence-electron chi connectivity index (χ1n) is 37.5. The van der Waals surface area contributed by atoms with E-state index in [1.54, 1.807) is 68.5 Å². The molecule has 9 atom stereocenters. The molecular weight excluding hydrogens is 1610 g/mol. The highest BCUT2D eigenvalue weighted by atomic mass is 16.6. The maximum Gasteiger partial charge on any atom is 0.337 e. The number of aromatic hydroxyl groups is 10. The summed E-state index contributed by atoms with van der Waals surface area (Å²) in [6.07, 6.45) is 8.67. The maximum atomic E-state index is 12.2. The highest BCUT2D eigenvalue weighted by Gasteiger charge is 2.38. The van der Waals surface area contributed by atoms with Gasteiger partial charge in [-0.05, 0) is 114 Å². The predicted molar refractivity (Wildman–Crippen MR) is 422 cm³/mol. The summed E-state index contributed by atoms with van der Waals surface area (Å²) < 4.78 is 59.0. The van der Waals surface area contributed by atoms with Gasteiger partial charge in [0, 0.05) is 78.1 Å². The molecule has 0 amide bonds. The Bertz CT molecular complexity index is 4360. The van der Waals surface area contributed by atoms with E-state index in [0.29, 0.717) is 71.1 Å². The van der Waals surface area contributed by atoms with Crippen molar-refractivity contribution in [3.05, 3.63) is 214 Å². The third kappa shape index (κ3) is 32.4. The van der Waals surface area contributed by atoms with Gasteiger partial charge in [-0.15, -0.1) is 0 Å². The molecule has 122 heavy (non-hydrogen) atoms. The fraction of sp³-hybridized carbons (Fsp3) is 0.365. The molecule has 5 aromatic carbocycles. The molecule has 0 bridgehead atoms. The molecule has 4 aliphatic rings. The molecule has 0 spiro atoms. The molecule has 0 radical (unpaired) electrons. The molecule has 0 aliphatic carbocycles. The van der Waals surface area contributed by atoms with Gasteiger partial charge < -0.3 is 144 Å². The van der Waals surface area contributed by atoms with E-state index < -0.39 is 109 Å². The first kappa shape index (κ1) is 99.3. The summed E-state index contributed by atoms with van der Waals surface area (Å²) in [6, 6.07) is 21.7. The molecule has 5 aromatic rings. The van der Waals surface area contributed by atoms with Gasteiger partial charge in [0.05, 0.1) is 136 Å². The second-order valence-corrected chi connectivity index (χ2v) is 26.4. The molecule has 0 fully saturated rings. The van der Waals surface area contributed by atoms with Gasteiger partial charge >= 0.3 is 47.8 Å². The SMILES string of the molecule is C/C=C1\[C@H](O)OC=C(C(=O)OC)[C@@H]1CC(=O)OCCc1ccc(O)c(O)c1.C/C=C1\[C@H](O)OC=C(C(=O)OC)[C@H]1CC(=O)OCCc1ccc(O)c(O)c1.COC(=O)[C@@H](O)CC(=O)OCCc1ccc(O)c(O)c1.O=C(C[C@@H]1C=CO[C@@H](O)/C1=C\CO)OCCc1ccc(O)c(O)c1.O=C(C[C@@H]1C=CO[C@H](O)/C1=C\CO)OCCc1ccc(O)c(O)c1. The second kappa shape index (κ2) is 51.2. The lowest BCUT2D eigenvalue weighted by Crippen LogP contribution is -2.31. The lowest BCUT2D eigenvalue weighted by molar-refractivity contribution is -0.157. The average molecular weight is 1710 g/mol. The van der Waals surface area contributed by atoms with Gasteiger partial charge in [-0.2, -0.15) is 0 Å². The van der Waals surface area contributed by atoms with Gasteiger partial charge in [0.15, 0.2) is 63.6 Å². The van der Waals surface area contributed by atoms with Crippen LogP contribution in [-0.2, 0) is 127 Å². The molecule has 0 unspecified atom stereocenters. The highest BCUT2D eigenvalue weighted by Crippen LogP contribution is 2.37. The monoisotopic (exact) mass is 1710 g/mol. The molecule has 17 N–H and O–H groups in total. The number of aliphatic hydroxyl groups excluding tert-OH is 7. The summed E-state index contributed by atoms with van der Waals surface area (Å²) in [6.45, 7) is 3.18. The number of hydrogen-bond acceptors (Lipinski definition) is 37. The number of phenolic OH excluding ortho intramolecular Hbond substituents is 10. The van der Waals surface area contributed by atoms with Gasteiger partial charge in [-0.1, -0.05) is 54.6 Å². The predicted octanol–water partition coefficient (Wildman–Crippen LogP) is 5.13. The van der Waals surface area contributed by atoms with Crippen LogP contribution in [0.3, 0.4) is 0 Å². The Morgan fingerprint density at radius 2 is 0.639 bits per heavy atom. The van der Waals surface area contributed by atoms with Crippen LogP contribution in [0.5, 0.6) is 57.5 Å². The number of carbonyl (C=O) groups is 8. The molecule has 4 heterocycles. The molecule has 662 valence electrons. The average Bonchev–Trinajstić information content (AvgIpc) is 0.809.